The van der Waals surface area contributed by atoms with Gasteiger partial charge in [0.05, 0.1) is 5.92 Å². The summed E-state index contributed by atoms with van der Waals surface area (Å²) in [5, 5.41) is 8.85. The monoisotopic (exact) mass is 194 g/mol. The van der Waals surface area contributed by atoms with E-state index in [0.29, 0.717) is 6.42 Å². The van der Waals surface area contributed by atoms with Crippen LogP contribution in [-0.2, 0) is 4.79 Å². The van der Waals surface area contributed by atoms with Crippen molar-refractivity contribution in [2.75, 3.05) is 0 Å². The van der Waals surface area contributed by atoms with Crippen LogP contribution in [0.5, 0.6) is 0 Å². The number of hydrogen-bond donors (Lipinski definition) is 1. The van der Waals surface area contributed by atoms with Gasteiger partial charge in [0.1, 0.15) is 0 Å². The van der Waals surface area contributed by atoms with Gasteiger partial charge in [0.15, 0.2) is 0 Å². The molecule has 0 fully saturated rings. The minimum atomic E-state index is -0.764. The summed E-state index contributed by atoms with van der Waals surface area (Å²) >= 11 is 0. The van der Waals surface area contributed by atoms with Crippen LogP contribution < -0.4 is 0 Å². The van der Waals surface area contributed by atoms with Crippen LogP contribution >= 0.6 is 0 Å². The Kier molecular flexibility index (Phi) is 7.52. The van der Waals surface area contributed by atoms with Crippen molar-refractivity contribution in [2.24, 2.45) is 5.92 Å². The van der Waals surface area contributed by atoms with Crippen LogP contribution in [-0.4, -0.2) is 11.1 Å². The molecule has 0 bridgehead atoms. The summed E-state index contributed by atoms with van der Waals surface area (Å²) < 4.78 is 0. The third kappa shape index (κ3) is 6.23. The van der Waals surface area contributed by atoms with Gasteiger partial charge in [-0.2, -0.15) is 0 Å². The molecule has 0 spiro atoms. The average Bonchev–Trinajstić information content (AvgIpc) is 2.16. The molecule has 1 atom stereocenters. The topological polar surface area (TPSA) is 37.3 Å². The van der Waals surface area contributed by atoms with E-state index in [0.717, 1.165) is 6.42 Å². The fraction of sp³-hybridized carbons (Fsp3) is 0.417. The first-order chi connectivity index (χ1) is 6.72. The summed E-state index contributed by atoms with van der Waals surface area (Å²) in [6.45, 7) is 3.92. The Morgan fingerprint density at radius 3 is 2.57 bits per heavy atom. The van der Waals surface area contributed by atoms with E-state index in [-0.39, 0.29) is 0 Å². The van der Waals surface area contributed by atoms with Crippen molar-refractivity contribution >= 4 is 5.97 Å². The van der Waals surface area contributed by atoms with Crippen LogP contribution in [0.25, 0.3) is 0 Å². The number of carboxylic acids is 1. The highest BCUT2D eigenvalue weighted by Gasteiger charge is 2.10. The first-order valence-corrected chi connectivity index (χ1v) is 4.89. The van der Waals surface area contributed by atoms with Gasteiger partial charge in [0, 0.05) is 0 Å². The predicted molar refractivity (Wildman–Crippen MR) is 59.1 cm³/mol. The Morgan fingerprint density at radius 2 is 2.07 bits per heavy atom. The lowest BCUT2D eigenvalue weighted by molar-refractivity contribution is -0.139. The molecule has 2 heteroatoms. The number of allylic oxidation sites excluding steroid dienone is 5. The van der Waals surface area contributed by atoms with Gasteiger partial charge in [-0.05, 0) is 19.8 Å². The van der Waals surface area contributed by atoms with Gasteiger partial charge >= 0.3 is 5.97 Å². The zero-order chi connectivity index (χ0) is 10.8. The number of hydrogen-bond acceptors (Lipinski definition) is 1. The molecular weight excluding hydrogens is 176 g/mol. The molecule has 78 valence electrons. The summed E-state index contributed by atoms with van der Waals surface area (Å²) in [6, 6.07) is 0. The third-order valence-electron chi connectivity index (χ3n) is 1.75. The van der Waals surface area contributed by atoms with Crippen molar-refractivity contribution in [1.82, 2.24) is 0 Å². The Morgan fingerprint density at radius 1 is 1.36 bits per heavy atom. The fourth-order valence-electron chi connectivity index (χ4n) is 0.977. The Labute approximate surface area is 85.6 Å². The molecule has 1 N–H and O–H groups in total. The fourth-order valence-corrected chi connectivity index (χ4v) is 0.977. The van der Waals surface area contributed by atoms with Crippen LogP contribution in [0.4, 0.5) is 0 Å². The van der Waals surface area contributed by atoms with Crippen molar-refractivity contribution in [2.45, 2.75) is 26.7 Å². The average molecular weight is 194 g/mol. The summed E-state index contributed by atoms with van der Waals surface area (Å²) in [5.41, 5.74) is 0. The summed E-state index contributed by atoms with van der Waals surface area (Å²) in [5.74, 6) is -1.16. The van der Waals surface area contributed by atoms with Crippen molar-refractivity contribution in [3.63, 3.8) is 0 Å². The standard InChI is InChI=1S/C12H18O2/c1-3-5-7-8-10-11(12(13)14)9-6-4-2/h3,5-9,11H,4,10H2,1-2H3,(H,13,14)/b5-3-,8-7+,9-6+. The van der Waals surface area contributed by atoms with Crippen LogP contribution in [0.1, 0.15) is 26.7 Å². The minimum absolute atomic E-state index is 0.392. The van der Waals surface area contributed by atoms with Crippen LogP contribution in [0.2, 0.25) is 0 Å². The van der Waals surface area contributed by atoms with E-state index in [1.165, 1.54) is 0 Å². The molecule has 0 aliphatic heterocycles. The zero-order valence-electron chi connectivity index (χ0n) is 8.81. The summed E-state index contributed by atoms with van der Waals surface area (Å²) in [6.07, 6.45) is 12.6. The van der Waals surface area contributed by atoms with E-state index in [4.69, 9.17) is 5.11 Å². The molecule has 0 rings (SSSR count). The highest BCUT2D eigenvalue weighted by atomic mass is 16.4. The quantitative estimate of drug-likeness (QED) is 0.521. The van der Waals surface area contributed by atoms with Gasteiger partial charge in [0.25, 0.3) is 0 Å². The minimum Gasteiger partial charge on any atom is -0.481 e. The van der Waals surface area contributed by atoms with E-state index in [2.05, 4.69) is 0 Å². The molecule has 0 saturated heterocycles. The maximum Gasteiger partial charge on any atom is 0.310 e. The maximum atomic E-state index is 10.8. The normalized spacial score (nSPS) is 14.4. The van der Waals surface area contributed by atoms with Gasteiger partial charge in [-0.15, -0.1) is 0 Å². The van der Waals surface area contributed by atoms with Gasteiger partial charge in [-0.3, -0.25) is 4.79 Å². The molecule has 0 aliphatic rings. The second-order valence-corrected chi connectivity index (χ2v) is 2.97. The molecule has 0 heterocycles. The second-order valence-electron chi connectivity index (χ2n) is 2.97. The lowest BCUT2D eigenvalue weighted by atomic mass is 10.0. The van der Waals surface area contributed by atoms with Gasteiger partial charge < -0.3 is 5.11 Å². The SMILES string of the molecule is C/C=C\C=C\CC(/C=C/CC)C(=O)O. The van der Waals surface area contributed by atoms with Crippen molar-refractivity contribution < 1.29 is 9.90 Å². The van der Waals surface area contributed by atoms with E-state index in [1.807, 2.05) is 44.2 Å². The molecule has 0 aromatic carbocycles. The molecule has 0 aromatic heterocycles. The predicted octanol–water partition coefficient (Wildman–Crippen LogP) is 3.18. The molecule has 0 amide bonds. The Balaban J connectivity index is 4.10. The molecule has 2 nitrogen and oxygen atoms in total. The molecule has 0 saturated carbocycles. The third-order valence-corrected chi connectivity index (χ3v) is 1.75. The first-order valence-electron chi connectivity index (χ1n) is 4.89. The van der Waals surface area contributed by atoms with E-state index in [9.17, 15) is 4.79 Å². The lowest BCUT2D eigenvalue weighted by Gasteiger charge is -2.02. The highest BCUT2D eigenvalue weighted by molar-refractivity contribution is 5.72. The zero-order valence-corrected chi connectivity index (χ0v) is 8.81. The molecule has 1 unspecified atom stereocenters. The number of carbonyl (C=O) groups is 1. The lowest BCUT2D eigenvalue weighted by Crippen LogP contribution is -2.09. The first kappa shape index (κ1) is 12.7. The van der Waals surface area contributed by atoms with Crippen molar-refractivity contribution in [1.29, 1.82) is 0 Å². The van der Waals surface area contributed by atoms with Crippen molar-refractivity contribution in [3.05, 3.63) is 36.5 Å². The van der Waals surface area contributed by atoms with Crippen LogP contribution in [0.15, 0.2) is 36.5 Å². The Bertz CT molecular complexity index is 237. The molecule has 0 aromatic rings. The van der Waals surface area contributed by atoms with Gasteiger partial charge in [0.2, 0.25) is 0 Å². The summed E-state index contributed by atoms with van der Waals surface area (Å²) in [7, 11) is 0. The molecule has 0 aliphatic carbocycles. The van der Waals surface area contributed by atoms with Crippen molar-refractivity contribution in [3.8, 4) is 0 Å². The Hall–Kier alpha value is -1.31. The molecule has 14 heavy (non-hydrogen) atoms. The molecular formula is C12H18O2. The van der Waals surface area contributed by atoms with Gasteiger partial charge in [-0.25, -0.2) is 0 Å². The highest BCUT2D eigenvalue weighted by Crippen LogP contribution is 2.07. The maximum absolute atomic E-state index is 10.8. The van der Waals surface area contributed by atoms with Crippen LogP contribution in [0, 0.1) is 5.92 Å². The largest absolute Gasteiger partial charge is 0.481 e. The van der Waals surface area contributed by atoms with Gasteiger partial charge in [-0.1, -0.05) is 43.4 Å². The second kappa shape index (κ2) is 8.30. The number of carboxylic acid groups (broad SMARTS) is 1. The van der Waals surface area contributed by atoms with E-state index < -0.39 is 11.9 Å². The van der Waals surface area contributed by atoms with E-state index in [1.54, 1.807) is 6.08 Å². The summed E-state index contributed by atoms with van der Waals surface area (Å²) in [4.78, 5) is 10.8. The number of aliphatic carboxylic acids is 1. The molecule has 0 radical (unpaired) electrons. The smallest absolute Gasteiger partial charge is 0.310 e. The number of rotatable bonds is 6. The van der Waals surface area contributed by atoms with Crippen LogP contribution in [0.3, 0.4) is 0 Å². The van der Waals surface area contributed by atoms with E-state index >= 15 is 0 Å².